The highest BCUT2D eigenvalue weighted by molar-refractivity contribution is 6.05. The molecule has 1 aliphatic rings. The number of carbonyl (C=O) groups excluding carboxylic acids is 1. The summed E-state index contributed by atoms with van der Waals surface area (Å²) in [5, 5.41) is 9.65. The second-order valence-electron chi connectivity index (χ2n) is 5.75. The number of aryl methyl sites for hydroxylation is 2. The average molecular weight is 322 g/mol. The van der Waals surface area contributed by atoms with Gasteiger partial charge >= 0.3 is 5.97 Å². The van der Waals surface area contributed by atoms with Crippen LogP contribution in [0.3, 0.4) is 0 Å². The van der Waals surface area contributed by atoms with E-state index in [4.69, 9.17) is 9.47 Å². The number of rotatable bonds is 3. The van der Waals surface area contributed by atoms with E-state index in [0.717, 1.165) is 22.3 Å². The lowest BCUT2D eigenvalue weighted by Crippen LogP contribution is -1.98. The number of benzene rings is 2. The maximum atomic E-state index is 12.2. The van der Waals surface area contributed by atoms with Gasteiger partial charge in [-0.3, -0.25) is 0 Å². The molecule has 0 amide bonds. The van der Waals surface area contributed by atoms with Crippen LogP contribution in [0, 0.1) is 13.8 Å². The lowest BCUT2D eigenvalue weighted by atomic mass is 10.0. The summed E-state index contributed by atoms with van der Waals surface area (Å²) in [6.07, 6.45) is 3.45. The van der Waals surface area contributed by atoms with E-state index in [-0.39, 0.29) is 5.75 Å². The fraction of sp³-hybridized carbons (Fsp3) is 0.150. The topological polar surface area (TPSA) is 55.8 Å². The molecule has 0 saturated carbocycles. The lowest BCUT2D eigenvalue weighted by molar-refractivity contribution is -0.130. The van der Waals surface area contributed by atoms with Crippen molar-refractivity contribution < 1.29 is 19.4 Å². The zero-order valence-electron chi connectivity index (χ0n) is 13.8. The molecule has 0 bridgehead atoms. The predicted octanol–water partition coefficient (Wildman–Crippen LogP) is 4.00. The molecule has 0 fully saturated rings. The van der Waals surface area contributed by atoms with Gasteiger partial charge in [0.05, 0.1) is 12.7 Å². The van der Waals surface area contributed by atoms with Gasteiger partial charge in [-0.2, -0.15) is 0 Å². The Labute approximate surface area is 140 Å². The first-order valence-electron chi connectivity index (χ1n) is 7.58. The molecule has 0 radical (unpaired) electrons. The molecule has 4 heteroatoms. The number of esters is 1. The molecule has 0 saturated heterocycles. The molecule has 0 unspecified atom stereocenters. The zero-order chi connectivity index (χ0) is 17.3. The second-order valence-corrected chi connectivity index (χ2v) is 5.75. The molecule has 24 heavy (non-hydrogen) atoms. The van der Waals surface area contributed by atoms with Crippen molar-refractivity contribution in [2.24, 2.45) is 0 Å². The molecule has 1 N–H and O–H groups in total. The number of carbonyl (C=O) groups is 1. The summed E-state index contributed by atoms with van der Waals surface area (Å²) in [5.74, 6) is 0.575. The Bertz CT molecular complexity index is 875. The first-order valence-corrected chi connectivity index (χ1v) is 7.58. The first-order chi connectivity index (χ1) is 11.5. The van der Waals surface area contributed by atoms with E-state index in [2.05, 4.69) is 0 Å². The molecule has 0 aliphatic carbocycles. The third kappa shape index (κ3) is 3.04. The summed E-state index contributed by atoms with van der Waals surface area (Å²) >= 11 is 0. The minimum atomic E-state index is -0.391. The molecular formula is C20H18O4. The van der Waals surface area contributed by atoms with Crippen LogP contribution >= 0.6 is 0 Å². The zero-order valence-corrected chi connectivity index (χ0v) is 13.8. The summed E-state index contributed by atoms with van der Waals surface area (Å²) < 4.78 is 10.5. The number of hydrogen-bond acceptors (Lipinski definition) is 4. The first kappa shape index (κ1) is 15.9. The number of cyclic esters (lactones) is 1. The Morgan fingerprint density at radius 1 is 1.12 bits per heavy atom. The third-order valence-corrected chi connectivity index (χ3v) is 3.91. The Morgan fingerprint density at radius 3 is 2.67 bits per heavy atom. The highest BCUT2D eigenvalue weighted by Gasteiger charge is 2.23. The van der Waals surface area contributed by atoms with E-state index in [1.807, 2.05) is 32.0 Å². The van der Waals surface area contributed by atoms with Crippen LogP contribution in [0.2, 0.25) is 0 Å². The summed E-state index contributed by atoms with van der Waals surface area (Å²) in [5.41, 5.74) is 4.27. The Balaban J connectivity index is 1.98. The van der Waals surface area contributed by atoms with Crippen molar-refractivity contribution in [1.82, 2.24) is 0 Å². The molecule has 0 atom stereocenters. The predicted molar refractivity (Wildman–Crippen MR) is 92.6 cm³/mol. The van der Waals surface area contributed by atoms with E-state index < -0.39 is 5.97 Å². The fourth-order valence-corrected chi connectivity index (χ4v) is 2.59. The van der Waals surface area contributed by atoms with Crippen molar-refractivity contribution >= 4 is 17.8 Å². The fourth-order valence-electron chi connectivity index (χ4n) is 2.59. The second kappa shape index (κ2) is 6.24. The third-order valence-electron chi connectivity index (χ3n) is 3.91. The minimum Gasteiger partial charge on any atom is -0.504 e. The summed E-state index contributed by atoms with van der Waals surface area (Å²) in [6.45, 7) is 3.98. The van der Waals surface area contributed by atoms with E-state index in [9.17, 15) is 9.90 Å². The van der Waals surface area contributed by atoms with E-state index in [1.54, 1.807) is 24.3 Å². The van der Waals surface area contributed by atoms with Gasteiger partial charge in [0.2, 0.25) is 0 Å². The largest absolute Gasteiger partial charge is 0.504 e. The van der Waals surface area contributed by atoms with Crippen molar-refractivity contribution in [3.63, 3.8) is 0 Å². The van der Waals surface area contributed by atoms with Gasteiger partial charge < -0.3 is 14.6 Å². The van der Waals surface area contributed by atoms with Crippen LogP contribution in [0.1, 0.15) is 22.3 Å². The molecule has 1 aliphatic heterocycles. The summed E-state index contributed by atoms with van der Waals surface area (Å²) in [4.78, 5) is 12.2. The molecule has 0 aromatic heterocycles. The van der Waals surface area contributed by atoms with Crippen molar-refractivity contribution in [3.05, 3.63) is 70.3 Å². The number of phenols is 1. The summed E-state index contributed by atoms with van der Waals surface area (Å²) in [7, 11) is 1.48. The molecular weight excluding hydrogens is 304 g/mol. The van der Waals surface area contributed by atoms with Gasteiger partial charge in [-0.15, -0.1) is 0 Å². The van der Waals surface area contributed by atoms with Gasteiger partial charge in [-0.1, -0.05) is 23.8 Å². The van der Waals surface area contributed by atoms with Crippen molar-refractivity contribution in [2.45, 2.75) is 13.8 Å². The van der Waals surface area contributed by atoms with Crippen LogP contribution in [0.5, 0.6) is 11.5 Å². The van der Waals surface area contributed by atoms with Crippen LogP contribution in [0.15, 0.2) is 48.0 Å². The number of hydrogen-bond donors (Lipinski definition) is 1. The van der Waals surface area contributed by atoms with Crippen LogP contribution in [-0.2, 0) is 9.53 Å². The maximum absolute atomic E-state index is 12.2. The van der Waals surface area contributed by atoms with Gasteiger partial charge in [0.1, 0.15) is 5.76 Å². The smallest absolute Gasteiger partial charge is 0.343 e. The van der Waals surface area contributed by atoms with Crippen LogP contribution in [0.4, 0.5) is 0 Å². The number of aromatic hydroxyl groups is 1. The molecule has 4 nitrogen and oxygen atoms in total. The molecule has 122 valence electrons. The number of methoxy groups -OCH3 is 1. The van der Waals surface area contributed by atoms with Gasteiger partial charge in [-0.05, 0) is 55.3 Å². The highest BCUT2D eigenvalue weighted by atomic mass is 16.5. The van der Waals surface area contributed by atoms with Crippen molar-refractivity contribution in [2.75, 3.05) is 7.11 Å². The van der Waals surface area contributed by atoms with Crippen LogP contribution in [-0.4, -0.2) is 18.2 Å². The van der Waals surface area contributed by atoms with Gasteiger partial charge in [0.25, 0.3) is 0 Å². The molecule has 2 aromatic carbocycles. The molecule has 0 spiro atoms. The van der Waals surface area contributed by atoms with Crippen LogP contribution < -0.4 is 4.74 Å². The Morgan fingerprint density at radius 2 is 1.92 bits per heavy atom. The van der Waals surface area contributed by atoms with E-state index in [0.29, 0.717) is 17.1 Å². The quantitative estimate of drug-likeness (QED) is 0.685. The summed E-state index contributed by atoms with van der Waals surface area (Å²) in [6, 6.07) is 10.9. The van der Waals surface area contributed by atoms with Crippen molar-refractivity contribution in [3.8, 4) is 11.5 Å². The van der Waals surface area contributed by atoms with Gasteiger partial charge in [0.15, 0.2) is 11.5 Å². The molecule has 1 heterocycles. The monoisotopic (exact) mass is 322 g/mol. The lowest BCUT2D eigenvalue weighted by Gasteiger charge is -2.06. The molecule has 3 rings (SSSR count). The van der Waals surface area contributed by atoms with Crippen LogP contribution in [0.25, 0.3) is 11.8 Å². The minimum absolute atomic E-state index is 0.0558. The SMILES string of the molecule is COc1cc(/C=C2\C=C(c3cc(C)ccc3C)OC2=O)ccc1O. The number of ether oxygens (including phenoxy) is 2. The van der Waals surface area contributed by atoms with Crippen molar-refractivity contribution in [1.29, 1.82) is 0 Å². The Hall–Kier alpha value is -3.01. The highest BCUT2D eigenvalue weighted by Crippen LogP contribution is 2.31. The van der Waals surface area contributed by atoms with E-state index in [1.165, 1.54) is 13.2 Å². The normalized spacial score (nSPS) is 15.4. The van der Waals surface area contributed by atoms with Gasteiger partial charge in [0, 0.05) is 5.56 Å². The molecule has 2 aromatic rings. The number of phenolic OH excluding ortho intramolecular Hbond substituents is 1. The van der Waals surface area contributed by atoms with E-state index >= 15 is 0 Å². The maximum Gasteiger partial charge on any atom is 0.343 e. The van der Waals surface area contributed by atoms with Gasteiger partial charge in [-0.25, -0.2) is 4.79 Å². The average Bonchev–Trinajstić information content (AvgIpc) is 2.92. The Kier molecular flexibility index (Phi) is 4.13. The standard InChI is InChI=1S/C20H18O4/c1-12-4-5-13(2)16(8-12)18-11-15(20(22)24-18)9-14-6-7-17(21)19(10-14)23-3/h4-11,21H,1-3H3/b15-9+.